The summed E-state index contributed by atoms with van der Waals surface area (Å²) in [7, 11) is 0. The molecule has 0 aromatic heterocycles. The Balaban J connectivity index is 1.59. The fourth-order valence-corrected chi connectivity index (χ4v) is 10.8. The van der Waals surface area contributed by atoms with Crippen molar-refractivity contribution in [2.75, 3.05) is 0 Å². The summed E-state index contributed by atoms with van der Waals surface area (Å²) in [6, 6.07) is 0. The van der Waals surface area contributed by atoms with Crippen molar-refractivity contribution < 1.29 is 4.79 Å². The Kier molecular flexibility index (Phi) is 4.66. The maximum absolute atomic E-state index is 12.9. The minimum atomic E-state index is -0.259. The second kappa shape index (κ2) is 6.50. The predicted octanol–water partition coefficient (Wildman–Crippen LogP) is 8.23. The van der Waals surface area contributed by atoms with Crippen molar-refractivity contribution in [3.05, 3.63) is 11.6 Å². The minimum absolute atomic E-state index is 0.213. The Morgan fingerprint density at radius 3 is 2.26 bits per heavy atom. The minimum Gasteiger partial charge on any atom is -0.299 e. The second-order valence-corrected chi connectivity index (χ2v) is 14.4. The zero-order chi connectivity index (χ0) is 22.6. The van der Waals surface area contributed by atoms with E-state index in [2.05, 4.69) is 61.5 Å². The SMILES string of the molecule is C[C@@H]1[C@H]2[C@H]3CC[C@@H]4[C@@]5(C)CCC(=O)C(C)(C)C5=CC[C@@]4(C)[C@]3(C)CC[C@@]2(C)CC[C@H]1C. The Hall–Kier alpha value is -0.590. The smallest absolute Gasteiger partial charge is 0.142 e. The molecule has 0 radical (unpaired) electrons. The molecule has 5 rings (SSSR count). The molecule has 0 bridgehead atoms. The fourth-order valence-electron chi connectivity index (χ4n) is 10.8. The van der Waals surface area contributed by atoms with Gasteiger partial charge in [0.05, 0.1) is 0 Å². The van der Waals surface area contributed by atoms with Crippen LogP contribution in [0.4, 0.5) is 0 Å². The maximum atomic E-state index is 12.9. The van der Waals surface area contributed by atoms with Crippen molar-refractivity contribution in [3.63, 3.8) is 0 Å². The van der Waals surface area contributed by atoms with Crippen molar-refractivity contribution in [1.29, 1.82) is 0 Å². The van der Waals surface area contributed by atoms with Gasteiger partial charge in [-0.15, -0.1) is 0 Å². The Bertz CT molecular complexity index is 820. The van der Waals surface area contributed by atoms with Crippen LogP contribution in [0, 0.1) is 56.7 Å². The van der Waals surface area contributed by atoms with Gasteiger partial charge in [-0.05, 0) is 116 Å². The Morgan fingerprint density at radius 1 is 0.839 bits per heavy atom. The van der Waals surface area contributed by atoms with Crippen LogP contribution in [-0.2, 0) is 4.79 Å². The predicted molar refractivity (Wildman–Crippen MR) is 130 cm³/mol. The lowest BCUT2D eigenvalue weighted by Crippen LogP contribution is -2.65. The summed E-state index contributed by atoms with van der Waals surface area (Å²) in [5, 5.41) is 0. The molecule has 174 valence electrons. The molecule has 5 aliphatic carbocycles. The third kappa shape index (κ3) is 2.59. The van der Waals surface area contributed by atoms with Gasteiger partial charge in [0, 0.05) is 11.8 Å². The first-order valence-corrected chi connectivity index (χ1v) is 13.6. The van der Waals surface area contributed by atoms with E-state index in [1.807, 2.05) is 0 Å². The molecule has 0 saturated heterocycles. The van der Waals surface area contributed by atoms with Crippen LogP contribution in [0.15, 0.2) is 11.6 Å². The first-order valence-electron chi connectivity index (χ1n) is 13.6. The summed E-state index contributed by atoms with van der Waals surface area (Å²) in [5.74, 6) is 4.72. The normalized spacial score (nSPS) is 55.9. The molecule has 1 heteroatoms. The highest BCUT2D eigenvalue weighted by molar-refractivity contribution is 5.89. The van der Waals surface area contributed by atoms with Crippen LogP contribution < -0.4 is 0 Å². The van der Waals surface area contributed by atoms with Crippen LogP contribution in [0.5, 0.6) is 0 Å². The molecule has 1 nitrogen and oxygen atoms in total. The van der Waals surface area contributed by atoms with Gasteiger partial charge in [-0.25, -0.2) is 0 Å². The van der Waals surface area contributed by atoms with Gasteiger partial charge in [-0.3, -0.25) is 4.79 Å². The number of Topliss-reactive ketones (excluding diaryl/α,β-unsaturated/α-hetero) is 1. The molecule has 0 heterocycles. The first-order chi connectivity index (χ1) is 14.3. The van der Waals surface area contributed by atoms with E-state index in [0.29, 0.717) is 22.0 Å². The van der Waals surface area contributed by atoms with Gasteiger partial charge in [-0.2, -0.15) is 0 Å². The summed E-state index contributed by atoms with van der Waals surface area (Å²) in [6.45, 7) is 20.2. The van der Waals surface area contributed by atoms with Gasteiger partial charge in [0.1, 0.15) is 5.78 Å². The third-order valence-electron chi connectivity index (χ3n) is 13.1. The quantitative estimate of drug-likeness (QED) is 0.358. The Labute approximate surface area is 192 Å². The summed E-state index contributed by atoms with van der Waals surface area (Å²) < 4.78 is 0. The number of rotatable bonds is 0. The van der Waals surface area contributed by atoms with E-state index < -0.39 is 0 Å². The average molecular weight is 425 g/mol. The molecule has 0 N–H and O–H groups in total. The van der Waals surface area contributed by atoms with Crippen LogP contribution in [0.2, 0.25) is 0 Å². The van der Waals surface area contributed by atoms with E-state index in [4.69, 9.17) is 0 Å². The van der Waals surface area contributed by atoms with Crippen molar-refractivity contribution in [2.24, 2.45) is 56.7 Å². The number of hydrogen-bond donors (Lipinski definition) is 0. The van der Waals surface area contributed by atoms with Crippen LogP contribution in [-0.4, -0.2) is 5.78 Å². The van der Waals surface area contributed by atoms with E-state index in [1.165, 1.54) is 50.5 Å². The summed E-state index contributed by atoms with van der Waals surface area (Å²) in [5.41, 5.74) is 2.82. The number of carbonyl (C=O) groups is 1. The molecular weight excluding hydrogens is 376 g/mol. The number of fused-ring (bicyclic) bond motifs is 7. The van der Waals surface area contributed by atoms with Crippen molar-refractivity contribution in [1.82, 2.24) is 0 Å². The van der Waals surface area contributed by atoms with Gasteiger partial charge < -0.3 is 0 Å². The van der Waals surface area contributed by atoms with Crippen LogP contribution >= 0.6 is 0 Å². The van der Waals surface area contributed by atoms with E-state index in [1.54, 1.807) is 0 Å². The Morgan fingerprint density at radius 2 is 1.55 bits per heavy atom. The highest BCUT2D eigenvalue weighted by Gasteiger charge is 2.68. The lowest BCUT2D eigenvalue weighted by molar-refractivity contribution is -0.210. The van der Waals surface area contributed by atoms with Crippen molar-refractivity contribution in [3.8, 4) is 0 Å². The molecule has 0 aliphatic heterocycles. The second-order valence-electron chi connectivity index (χ2n) is 14.4. The number of carbonyl (C=O) groups excluding carboxylic acids is 1. The molecule has 0 spiro atoms. The first kappa shape index (κ1) is 22.2. The van der Waals surface area contributed by atoms with Crippen LogP contribution in [0.1, 0.15) is 113 Å². The molecule has 9 atom stereocenters. The molecule has 0 unspecified atom stereocenters. The van der Waals surface area contributed by atoms with Gasteiger partial charge in [0.15, 0.2) is 0 Å². The van der Waals surface area contributed by atoms with Crippen LogP contribution in [0.25, 0.3) is 0 Å². The molecule has 0 amide bonds. The van der Waals surface area contributed by atoms with Gasteiger partial charge in [-0.1, -0.05) is 53.2 Å². The molecule has 5 aliphatic rings. The van der Waals surface area contributed by atoms with Gasteiger partial charge in [0.25, 0.3) is 0 Å². The van der Waals surface area contributed by atoms with Gasteiger partial charge >= 0.3 is 0 Å². The number of hydrogen-bond acceptors (Lipinski definition) is 1. The summed E-state index contributed by atoms with van der Waals surface area (Å²) in [6.07, 6.45) is 14.2. The number of allylic oxidation sites excluding steroid dienone is 2. The summed E-state index contributed by atoms with van der Waals surface area (Å²) >= 11 is 0. The van der Waals surface area contributed by atoms with Crippen molar-refractivity contribution >= 4 is 5.78 Å². The molecule has 4 fully saturated rings. The topological polar surface area (TPSA) is 17.1 Å². The number of ketones is 1. The molecule has 31 heavy (non-hydrogen) atoms. The van der Waals surface area contributed by atoms with Gasteiger partial charge in [0.2, 0.25) is 0 Å². The lowest BCUT2D eigenvalue weighted by Gasteiger charge is -2.72. The van der Waals surface area contributed by atoms with Crippen LogP contribution in [0.3, 0.4) is 0 Å². The zero-order valence-electron chi connectivity index (χ0n) is 21.7. The van der Waals surface area contributed by atoms with Crippen molar-refractivity contribution in [2.45, 2.75) is 113 Å². The molecule has 0 aromatic rings. The fraction of sp³-hybridized carbons (Fsp3) is 0.900. The molecule has 4 saturated carbocycles. The van der Waals surface area contributed by atoms with E-state index in [9.17, 15) is 4.79 Å². The van der Waals surface area contributed by atoms with E-state index in [0.717, 1.165) is 42.4 Å². The standard InChI is InChI=1S/C30H48O/c1-19-11-14-27(5)17-18-29(7)21(25(27)20(19)2)9-10-23-28(6)15-13-24(31)26(3,4)22(28)12-16-30(23,29)8/h12,19-21,23,25H,9-11,13-18H2,1-8H3/t19-,20+,21-,23-,25+,27-,28+,29-,30-/m1/s1. The molecule has 0 aromatic carbocycles. The maximum Gasteiger partial charge on any atom is 0.142 e. The third-order valence-corrected chi connectivity index (χ3v) is 13.1. The summed E-state index contributed by atoms with van der Waals surface area (Å²) in [4.78, 5) is 12.9. The monoisotopic (exact) mass is 424 g/mol. The van der Waals surface area contributed by atoms with E-state index in [-0.39, 0.29) is 10.8 Å². The average Bonchev–Trinajstić information content (AvgIpc) is 2.69. The highest BCUT2D eigenvalue weighted by Crippen LogP contribution is 2.75. The van der Waals surface area contributed by atoms with E-state index >= 15 is 0 Å². The zero-order valence-corrected chi connectivity index (χ0v) is 21.7. The lowest BCUT2D eigenvalue weighted by atomic mass is 9.33. The highest BCUT2D eigenvalue weighted by atomic mass is 16.1. The molecular formula is C30H48O. The largest absolute Gasteiger partial charge is 0.299 e.